The minimum absolute atomic E-state index is 0.00672. The Kier molecular flexibility index (Phi) is 62.0. The highest BCUT2D eigenvalue weighted by molar-refractivity contribution is 5.76. The average Bonchev–Trinajstić information content (AvgIpc) is 3.40. The highest BCUT2D eigenvalue weighted by atomic mass is 16.5. The summed E-state index contributed by atoms with van der Waals surface area (Å²) < 4.78 is 5.47. The second kappa shape index (κ2) is 63.6. The predicted molar refractivity (Wildman–Crippen MR) is 324 cm³/mol. The fourth-order valence-electron chi connectivity index (χ4n) is 10.3. The van der Waals surface area contributed by atoms with E-state index in [9.17, 15) is 19.8 Å². The van der Waals surface area contributed by atoms with Crippen molar-refractivity contribution in [2.45, 2.75) is 373 Å². The first kappa shape index (κ1) is 72.1. The van der Waals surface area contributed by atoms with Crippen LogP contribution < -0.4 is 5.32 Å². The summed E-state index contributed by atoms with van der Waals surface area (Å²) in [4.78, 5) is 24.5. The molecule has 3 N–H and O–H groups in total. The van der Waals surface area contributed by atoms with Crippen LogP contribution in [0.25, 0.3) is 0 Å². The van der Waals surface area contributed by atoms with Crippen LogP contribution in [0.15, 0.2) is 36.5 Å². The minimum atomic E-state index is -0.843. The largest absolute Gasteiger partial charge is 0.466 e. The van der Waals surface area contributed by atoms with Crippen molar-refractivity contribution >= 4 is 11.9 Å². The smallest absolute Gasteiger partial charge is 0.305 e. The molecule has 0 aromatic carbocycles. The zero-order valence-electron chi connectivity index (χ0n) is 49.8. The van der Waals surface area contributed by atoms with Gasteiger partial charge >= 0.3 is 5.97 Å². The van der Waals surface area contributed by atoms with E-state index in [1.165, 1.54) is 289 Å². The molecule has 1 amide bonds. The third-order valence-corrected chi connectivity index (χ3v) is 15.4. The molecule has 436 valence electrons. The molecule has 0 saturated heterocycles. The van der Waals surface area contributed by atoms with Gasteiger partial charge in [0.1, 0.15) is 0 Å². The number of unbranched alkanes of at least 4 members (excludes halogenated alkanes) is 47. The van der Waals surface area contributed by atoms with Gasteiger partial charge < -0.3 is 20.3 Å². The molecule has 0 aliphatic heterocycles. The van der Waals surface area contributed by atoms with Crippen molar-refractivity contribution in [3.63, 3.8) is 0 Å². The number of hydrogen-bond donors (Lipinski definition) is 3. The fourth-order valence-corrected chi connectivity index (χ4v) is 10.3. The summed E-state index contributed by atoms with van der Waals surface area (Å²) in [5.41, 5.74) is 0. The molecule has 0 saturated carbocycles. The van der Waals surface area contributed by atoms with E-state index in [1.54, 1.807) is 6.08 Å². The number of carbonyl (C=O) groups is 2. The van der Waals surface area contributed by atoms with Gasteiger partial charge in [0.25, 0.3) is 0 Å². The van der Waals surface area contributed by atoms with E-state index in [1.807, 2.05) is 6.08 Å². The molecular formula is C68H129NO5. The molecule has 6 heteroatoms. The van der Waals surface area contributed by atoms with Crippen LogP contribution >= 0.6 is 0 Å². The van der Waals surface area contributed by atoms with Gasteiger partial charge in [-0.15, -0.1) is 0 Å². The van der Waals surface area contributed by atoms with Crippen molar-refractivity contribution in [2.24, 2.45) is 0 Å². The van der Waals surface area contributed by atoms with Crippen molar-refractivity contribution in [1.82, 2.24) is 5.32 Å². The van der Waals surface area contributed by atoms with Gasteiger partial charge in [0.05, 0.1) is 25.4 Å². The summed E-state index contributed by atoms with van der Waals surface area (Å²) >= 11 is 0. The summed E-state index contributed by atoms with van der Waals surface area (Å²) in [6.45, 7) is 4.90. The summed E-state index contributed by atoms with van der Waals surface area (Å²) in [7, 11) is 0. The fraction of sp³-hybridized carbons (Fsp3) is 0.882. The Morgan fingerprint density at radius 2 is 0.635 bits per heavy atom. The van der Waals surface area contributed by atoms with Crippen LogP contribution in [0.4, 0.5) is 0 Å². The van der Waals surface area contributed by atoms with Gasteiger partial charge in [0.2, 0.25) is 5.91 Å². The molecule has 0 bridgehead atoms. The van der Waals surface area contributed by atoms with E-state index in [2.05, 4.69) is 43.5 Å². The average molecular weight is 1040 g/mol. The Morgan fingerprint density at radius 1 is 0.365 bits per heavy atom. The van der Waals surface area contributed by atoms with E-state index < -0.39 is 12.1 Å². The number of rotatable bonds is 62. The second-order valence-corrected chi connectivity index (χ2v) is 22.8. The Bertz CT molecular complexity index is 1200. The van der Waals surface area contributed by atoms with Gasteiger partial charge in [0.15, 0.2) is 0 Å². The quantitative estimate of drug-likeness (QED) is 0.0320. The van der Waals surface area contributed by atoms with Gasteiger partial charge in [-0.25, -0.2) is 0 Å². The van der Waals surface area contributed by atoms with E-state index >= 15 is 0 Å². The van der Waals surface area contributed by atoms with Gasteiger partial charge in [-0.3, -0.25) is 9.59 Å². The molecule has 6 nitrogen and oxygen atoms in total. The van der Waals surface area contributed by atoms with Crippen molar-refractivity contribution in [3.05, 3.63) is 36.5 Å². The predicted octanol–water partition coefficient (Wildman–Crippen LogP) is 21.1. The zero-order chi connectivity index (χ0) is 53.6. The topological polar surface area (TPSA) is 95.9 Å². The minimum Gasteiger partial charge on any atom is -0.466 e. The van der Waals surface area contributed by atoms with E-state index in [0.717, 1.165) is 44.9 Å². The Balaban J connectivity index is 3.38. The monoisotopic (exact) mass is 1040 g/mol. The van der Waals surface area contributed by atoms with Gasteiger partial charge in [-0.2, -0.15) is 0 Å². The Labute approximate surface area is 462 Å². The van der Waals surface area contributed by atoms with Gasteiger partial charge in [-0.05, 0) is 83.5 Å². The van der Waals surface area contributed by atoms with Crippen LogP contribution in [0.5, 0.6) is 0 Å². The molecule has 0 aromatic rings. The molecular weight excluding hydrogens is 911 g/mol. The zero-order valence-corrected chi connectivity index (χ0v) is 49.8. The van der Waals surface area contributed by atoms with Crippen LogP contribution in [0.1, 0.15) is 361 Å². The second-order valence-electron chi connectivity index (χ2n) is 22.8. The van der Waals surface area contributed by atoms with Crippen LogP contribution in [0.3, 0.4) is 0 Å². The van der Waals surface area contributed by atoms with Gasteiger partial charge in [-0.1, -0.05) is 301 Å². The van der Waals surface area contributed by atoms with E-state index in [4.69, 9.17) is 4.74 Å². The first-order valence-corrected chi connectivity index (χ1v) is 33.3. The number of aliphatic hydroxyl groups excluding tert-OH is 2. The standard InChI is InChI=1S/C68H129NO5/c1-3-5-7-9-11-13-15-17-34-37-40-44-48-52-56-60-66(71)65(64-70)69-67(72)61-57-53-49-45-41-38-35-32-30-28-26-24-22-20-18-19-21-23-25-27-29-31-33-36-39-43-47-51-55-59-63-74-68(73)62-58-54-50-46-42-16-14-12-10-8-6-4-2/h12,14,19,21,56,60,65-66,70-71H,3-11,13,15-18,20,22-55,57-59,61-64H2,1-2H3,(H,69,72)/b14-12-,21-19-,60-56+. The van der Waals surface area contributed by atoms with Crippen LogP contribution in [-0.2, 0) is 14.3 Å². The summed E-state index contributed by atoms with van der Waals surface area (Å²) in [5, 5.41) is 23.1. The number of ether oxygens (including phenoxy) is 1. The molecule has 2 atom stereocenters. The molecule has 0 aliphatic carbocycles. The molecule has 0 aromatic heterocycles. The number of hydrogen-bond acceptors (Lipinski definition) is 5. The lowest BCUT2D eigenvalue weighted by atomic mass is 10.0. The van der Waals surface area contributed by atoms with Crippen LogP contribution in [0, 0.1) is 0 Å². The molecule has 0 rings (SSSR count). The first-order valence-electron chi connectivity index (χ1n) is 33.3. The lowest BCUT2D eigenvalue weighted by Crippen LogP contribution is -2.45. The molecule has 0 aliphatic rings. The number of carbonyl (C=O) groups excluding carboxylic acids is 2. The normalized spacial score (nSPS) is 12.8. The number of allylic oxidation sites excluding steroid dienone is 5. The molecule has 0 fully saturated rings. The van der Waals surface area contributed by atoms with Crippen LogP contribution in [-0.4, -0.2) is 47.4 Å². The number of amides is 1. The summed E-state index contributed by atoms with van der Waals surface area (Å²) in [5.74, 6) is -0.0581. The molecule has 2 unspecified atom stereocenters. The Hall–Kier alpha value is -1.92. The third-order valence-electron chi connectivity index (χ3n) is 15.4. The van der Waals surface area contributed by atoms with Crippen molar-refractivity contribution < 1.29 is 24.5 Å². The van der Waals surface area contributed by atoms with E-state index in [0.29, 0.717) is 19.4 Å². The van der Waals surface area contributed by atoms with Gasteiger partial charge in [0, 0.05) is 12.8 Å². The van der Waals surface area contributed by atoms with Crippen molar-refractivity contribution in [2.75, 3.05) is 13.2 Å². The number of nitrogens with one attached hydrogen (secondary N) is 1. The molecule has 0 heterocycles. The maximum atomic E-state index is 12.5. The van der Waals surface area contributed by atoms with E-state index in [-0.39, 0.29) is 18.5 Å². The maximum absolute atomic E-state index is 12.5. The maximum Gasteiger partial charge on any atom is 0.305 e. The van der Waals surface area contributed by atoms with Crippen molar-refractivity contribution in [3.8, 4) is 0 Å². The summed E-state index contributed by atoms with van der Waals surface area (Å²) in [6.07, 6.45) is 80.7. The number of aliphatic hydroxyl groups is 2. The van der Waals surface area contributed by atoms with Crippen molar-refractivity contribution in [1.29, 1.82) is 0 Å². The summed E-state index contributed by atoms with van der Waals surface area (Å²) in [6, 6.07) is -0.626. The number of esters is 1. The molecule has 74 heavy (non-hydrogen) atoms. The highest BCUT2D eigenvalue weighted by Gasteiger charge is 2.18. The highest BCUT2D eigenvalue weighted by Crippen LogP contribution is 2.18. The lowest BCUT2D eigenvalue weighted by Gasteiger charge is -2.20. The lowest BCUT2D eigenvalue weighted by molar-refractivity contribution is -0.143. The van der Waals surface area contributed by atoms with Crippen LogP contribution in [0.2, 0.25) is 0 Å². The SMILES string of the molecule is CCCCC/C=C\CCCCCCCC(=O)OCCCCCCCCCCCCCC/C=C\CCCCCCCCCCCCCCCCC(=O)NC(CO)C(O)/C=C/CCCCCCCCCCCCCCC. The Morgan fingerprint density at radius 3 is 0.986 bits per heavy atom. The third kappa shape index (κ3) is 59.3. The molecule has 0 spiro atoms. The first-order chi connectivity index (χ1) is 36.5. The molecule has 0 radical (unpaired) electrons.